The van der Waals surface area contributed by atoms with Crippen molar-refractivity contribution in [3.8, 4) is 5.75 Å². The number of hydrogen-bond donors (Lipinski definition) is 2. The van der Waals surface area contributed by atoms with Gasteiger partial charge in [-0.25, -0.2) is 0 Å². The van der Waals surface area contributed by atoms with E-state index in [1.54, 1.807) is 12.3 Å². The highest BCUT2D eigenvalue weighted by molar-refractivity contribution is 5.21. The van der Waals surface area contributed by atoms with Crippen LogP contribution in [-0.2, 0) is 6.54 Å². The number of aliphatic hydroxyl groups is 1. The minimum atomic E-state index is -0.312. The Morgan fingerprint density at radius 2 is 1.86 bits per heavy atom. The first-order valence-corrected chi connectivity index (χ1v) is 8.04. The standard InChI is InChI=1S/C16H27N3O3/c1-3-13(2)19-12-16(22)15(21)10-14(19)11-18-6-4-17(5-7-18)8-9-20/h10,12-13,20,22H,3-9,11H2,1-2H3. The van der Waals surface area contributed by atoms with Crippen LogP contribution in [0.3, 0.4) is 0 Å². The second-order valence-corrected chi connectivity index (χ2v) is 6.02. The zero-order chi connectivity index (χ0) is 16.1. The maximum absolute atomic E-state index is 11.8. The minimum Gasteiger partial charge on any atom is -0.503 e. The Morgan fingerprint density at radius 3 is 2.45 bits per heavy atom. The molecule has 1 atom stereocenters. The Morgan fingerprint density at radius 1 is 1.23 bits per heavy atom. The van der Waals surface area contributed by atoms with Crippen molar-refractivity contribution in [2.75, 3.05) is 39.3 Å². The molecule has 2 N–H and O–H groups in total. The zero-order valence-corrected chi connectivity index (χ0v) is 13.5. The lowest BCUT2D eigenvalue weighted by atomic mass is 10.2. The first kappa shape index (κ1) is 17.0. The van der Waals surface area contributed by atoms with Gasteiger partial charge in [-0.3, -0.25) is 14.6 Å². The molecule has 22 heavy (non-hydrogen) atoms. The molecule has 0 saturated carbocycles. The molecule has 124 valence electrons. The lowest BCUT2D eigenvalue weighted by Gasteiger charge is -2.35. The van der Waals surface area contributed by atoms with Crippen molar-refractivity contribution in [1.82, 2.24) is 14.4 Å². The van der Waals surface area contributed by atoms with Gasteiger partial charge in [0.1, 0.15) is 0 Å². The second-order valence-electron chi connectivity index (χ2n) is 6.02. The zero-order valence-electron chi connectivity index (χ0n) is 13.5. The number of piperazine rings is 1. The number of aliphatic hydroxyl groups excluding tert-OH is 1. The fourth-order valence-electron chi connectivity index (χ4n) is 2.85. The van der Waals surface area contributed by atoms with Crippen LogP contribution < -0.4 is 5.43 Å². The van der Waals surface area contributed by atoms with Gasteiger partial charge in [0.15, 0.2) is 5.75 Å². The number of nitrogens with zero attached hydrogens (tertiary/aromatic N) is 3. The van der Waals surface area contributed by atoms with Crippen LogP contribution in [-0.4, -0.2) is 63.9 Å². The molecule has 0 bridgehead atoms. The number of aromatic nitrogens is 1. The van der Waals surface area contributed by atoms with Crippen LogP contribution in [0.5, 0.6) is 5.75 Å². The summed E-state index contributed by atoms with van der Waals surface area (Å²) in [6, 6.07) is 1.80. The van der Waals surface area contributed by atoms with Crippen molar-refractivity contribution in [2.24, 2.45) is 0 Å². The third-order valence-electron chi connectivity index (χ3n) is 4.48. The van der Waals surface area contributed by atoms with Crippen molar-refractivity contribution < 1.29 is 10.2 Å². The minimum absolute atomic E-state index is 0.184. The highest BCUT2D eigenvalue weighted by Crippen LogP contribution is 2.17. The summed E-state index contributed by atoms with van der Waals surface area (Å²) in [5.74, 6) is -0.184. The van der Waals surface area contributed by atoms with Crippen LogP contribution in [0.1, 0.15) is 32.0 Å². The molecule has 1 saturated heterocycles. The van der Waals surface area contributed by atoms with Crippen LogP contribution in [0, 0.1) is 0 Å². The Bertz CT molecular complexity index is 536. The van der Waals surface area contributed by atoms with Gasteiger partial charge in [-0.1, -0.05) is 6.92 Å². The summed E-state index contributed by atoms with van der Waals surface area (Å²) in [5, 5.41) is 18.7. The Balaban J connectivity index is 2.09. The van der Waals surface area contributed by atoms with Crippen LogP contribution in [0.2, 0.25) is 0 Å². The maximum atomic E-state index is 11.8. The lowest BCUT2D eigenvalue weighted by Crippen LogP contribution is -2.47. The van der Waals surface area contributed by atoms with Crippen LogP contribution in [0.15, 0.2) is 17.1 Å². The van der Waals surface area contributed by atoms with E-state index in [9.17, 15) is 9.90 Å². The molecule has 0 aromatic carbocycles. The van der Waals surface area contributed by atoms with Crippen molar-refractivity contribution in [2.45, 2.75) is 32.9 Å². The Kier molecular flexibility index (Phi) is 5.99. The van der Waals surface area contributed by atoms with Crippen LogP contribution >= 0.6 is 0 Å². The van der Waals surface area contributed by atoms with Gasteiger partial charge in [-0.2, -0.15) is 0 Å². The molecule has 0 radical (unpaired) electrons. The largest absolute Gasteiger partial charge is 0.503 e. The quantitative estimate of drug-likeness (QED) is 0.807. The predicted octanol–water partition coefficient (Wildman–Crippen LogP) is 0.635. The number of rotatable bonds is 6. The van der Waals surface area contributed by atoms with E-state index in [2.05, 4.69) is 23.6 Å². The summed E-state index contributed by atoms with van der Waals surface area (Å²) in [5.41, 5.74) is 0.640. The van der Waals surface area contributed by atoms with Crippen molar-refractivity contribution >= 4 is 0 Å². The first-order valence-electron chi connectivity index (χ1n) is 8.04. The van der Waals surface area contributed by atoms with Gasteiger partial charge in [0, 0.05) is 57.1 Å². The SMILES string of the molecule is CCC(C)n1cc(O)c(=O)cc1CN1CCN(CCO)CC1. The summed E-state index contributed by atoms with van der Waals surface area (Å²) in [6.45, 7) is 9.55. The molecule has 1 aliphatic heterocycles. The lowest BCUT2D eigenvalue weighted by molar-refractivity contribution is 0.106. The van der Waals surface area contributed by atoms with Crippen molar-refractivity contribution in [3.63, 3.8) is 0 Å². The monoisotopic (exact) mass is 309 g/mol. The second kappa shape index (κ2) is 7.76. The Labute approximate surface area is 131 Å². The summed E-state index contributed by atoms with van der Waals surface area (Å²) in [4.78, 5) is 16.3. The smallest absolute Gasteiger partial charge is 0.223 e. The molecule has 0 amide bonds. The van der Waals surface area contributed by atoms with Crippen molar-refractivity contribution in [1.29, 1.82) is 0 Å². The summed E-state index contributed by atoms with van der Waals surface area (Å²) in [7, 11) is 0. The maximum Gasteiger partial charge on any atom is 0.223 e. The molecule has 1 aromatic rings. The average molecular weight is 309 g/mol. The van der Waals surface area contributed by atoms with Gasteiger partial charge in [-0.15, -0.1) is 0 Å². The average Bonchev–Trinajstić information content (AvgIpc) is 2.52. The molecular weight excluding hydrogens is 282 g/mol. The number of pyridine rings is 1. The fourth-order valence-corrected chi connectivity index (χ4v) is 2.85. The topological polar surface area (TPSA) is 68.9 Å². The first-order chi connectivity index (χ1) is 10.5. The summed E-state index contributed by atoms with van der Waals surface area (Å²) in [6.07, 6.45) is 2.51. The molecule has 1 fully saturated rings. The van der Waals surface area contributed by atoms with E-state index in [0.29, 0.717) is 6.54 Å². The summed E-state index contributed by atoms with van der Waals surface area (Å²) < 4.78 is 2.01. The van der Waals surface area contributed by atoms with Gasteiger partial charge < -0.3 is 14.8 Å². The highest BCUT2D eigenvalue weighted by atomic mass is 16.3. The van der Waals surface area contributed by atoms with Crippen LogP contribution in [0.4, 0.5) is 0 Å². The number of hydrogen-bond acceptors (Lipinski definition) is 5. The highest BCUT2D eigenvalue weighted by Gasteiger charge is 2.19. The van der Waals surface area contributed by atoms with Gasteiger partial charge in [-0.05, 0) is 13.3 Å². The van der Waals surface area contributed by atoms with E-state index in [1.165, 1.54) is 0 Å². The van der Waals surface area contributed by atoms with E-state index in [0.717, 1.165) is 44.8 Å². The fraction of sp³-hybridized carbons (Fsp3) is 0.688. The molecule has 6 nitrogen and oxygen atoms in total. The Hall–Kier alpha value is -1.37. The molecule has 1 aliphatic rings. The molecule has 1 unspecified atom stereocenters. The van der Waals surface area contributed by atoms with E-state index >= 15 is 0 Å². The molecule has 1 aromatic heterocycles. The normalized spacial score (nSPS) is 18.5. The van der Waals surface area contributed by atoms with Crippen molar-refractivity contribution in [3.05, 3.63) is 28.2 Å². The third-order valence-corrected chi connectivity index (χ3v) is 4.48. The van der Waals surface area contributed by atoms with E-state index < -0.39 is 0 Å². The number of β-amino-alcohol motifs (C(OH)–C–C–N with tert-alkyl or cyclic N) is 1. The predicted molar refractivity (Wildman–Crippen MR) is 86.2 cm³/mol. The molecule has 0 spiro atoms. The molecular formula is C16H27N3O3. The number of aromatic hydroxyl groups is 1. The third kappa shape index (κ3) is 4.09. The summed E-state index contributed by atoms with van der Waals surface area (Å²) >= 11 is 0. The molecule has 2 heterocycles. The molecule has 6 heteroatoms. The molecule has 0 aliphatic carbocycles. The van der Waals surface area contributed by atoms with Crippen LogP contribution in [0.25, 0.3) is 0 Å². The van der Waals surface area contributed by atoms with Gasteiger partial charge in [0.25, 0.3) is 0 Å². The van der Waals surface area contributed by atoms with Gasteiger partial charge in [0.05, 0.1) is 12.8 Å². The van der Waals surface area contributed by atoms with Gasteiger partial charge >= 0.3 is 0 Å². The van der Waals surface area contributed by atoms with Gasteiger partial charge in [0.2, 0.25) is 5.43 Å². The van der Waals surface area contributed by atoms with E-state index in [-0.39, 0.29) is 23.8 Å². The van der Waals surface area contributed by atoms with E-state index in [1.807, 2.05) is 4.57 Å². The van der Waals surface area contributed by atoms with E-state index in [4.69, 9.17) is 5.11 Å². The molecule has 2 rings (SSSR count).